The molecule has 2 saturated heterocycles. The first-order valence-corrected chi connectivity index (χ1v) is 7.40. The highest BCUT2D eigenvalue weighted by Gasteiger charge is 2.31. The number of likely N-dealkylation sites (tertiary alicyclic amines) is 1. The lowest BCUT2D eigenvalue weighted by Crippen LogP contribution is -2.53. The molecule has 0 amide bonds. The number of piperidine rings is 1. The van der Waals surface area contributed by atoms with Crippen molar-refractivity contribution in [2.24, 2.45) is 5.92 Å². The molecule has 0 aliphatic carbocycles. The van der Waals surface area contributed by atoms with E-state index in [1.54, 1.807) is 0 Å². The predicted molar refractivity (Wildman–Crippen MR) is 71.3 cm³/mol. The lowest BCUT2D eigenvalue weighted by molar-refractivity contribution is 0.0109. The van der Waals surface area contributed by atoms with Crippen LogP contribution in [0.2, 0.25) is 0 Å². The minimum Gasteiger partial charge on any atom is -0.381 e. The molecule has 2 aliphatic heterocycles. The summed E-state index contributed by atoms with van der Waals surface area (Å²) in [4.78, 5) is 2.73. The first-order chi connectivity index (χ1) is 8.35. The molecule has 2 heterocycles. The standard InChI is InChI=1S/C14H28N2O/c1-3-12-11-16(8-5-14(12)15-4-2)13-6-9-17-10-7-13/h12-15H,3-11H2,1-2H3. The SMILES string of the molecule is CCNC1CCN(C2CCOCC2)CC1CC. The second-order valence-corrected chi connectivity index (χ2v) is 5.46. The van der Waals surface area contributed by atoms with Crippen LogP contribution in [0.25, 0.3) is 0 Å². The monoisotopic (exact) mass is 240 g/mol. The average Bonchev–Trinajstić information content (AvgIpc) is 2.40. The molecule has 0 spiro atoms. The Morgan fingerprint density at radius 3 is 2.59 bits per heavy atom. The van der Waals surface area contributed by atoms with E-state index in [4.69, 9.17) is 4.74 Å². The number of hydrogen-bond donors (Lipinski definition) is 1. The lowest BCUT2D eigenvalue weighted by Gasteiger charge is -2.43. The molecule has 0 saturated carbocycles. The number of nitrogens with zero attached hydrogens (tertiary/aromatic N) is 1. The number of nitrogens with one attached hydrogen (secondary N) is 1. The van der Waals surface area contributed by atoms with E-state index in [9.17, 15) is 0 Å². The third-order valence-electron chi connectivity index (χ3n) is 4.46. The van der Waals surface area contributed by atoms with Gasteiger partial charge in [0.05, 0.1) is 0 Å². The summed E-state index contributed by atoms with van der Waals surface area (Å²) in [5.41, 5.74) is 0. The third kappa shape index (κ3) is 3.43. The largest absolute Gasteiger partial charge is 0.381 e. The normalized spacial score (nSPS) is 32.8. The first kappa shape index (κ1) is 13.3. The van der Waals surface area contributed by atoms with Gasteiger partial charge in [0.25, 0.3) is 0 Å². The molecule has 3 heteroatoms. The molecule has 1 N–H and O–H groups in total. The van der Waals surface area contributed by atoms with Crippen molar-refractivity contribution in [3.8, 4) is 0 Å². The molecule has 2 atom stereocenters. The fraction of sp³-hybridized carbons (Fsp3) is 1.00. The molecule has 0 aromatic heterocycles. The van der Waals surface area contributed by atoms with Crippen LogP contribution in [0.15, 0.2) is 0 Å². The first-order valence-electron chi connectivity index (χ1n) is 7.40. The van der Waals surface area contributed by atoms with Crippen LogP contribution < -0.4 is 5.32 Å². The van der Waals surface area contributed by atoms with Crippen molar-refractivity contribution in [1.29, 1.82) is 0 Å². The van der Waals surface area contributed by atoms with Gasteiger partial charge >= 0.3 is 0 Å². The number of hydrogen-bond acceptors (Lipinski definition) is 3. The molecule has 2 fully saturated rings. The van der Waals surface area contributed by atoms with E-state index in [0.717, 1.165) is 37.8 Å². The summed E-state index contributed by atoms with van der Waals surface area (Å²) in [6.45, 7) is 10.2. The topological polar surface area (TPSA) is 24.5 Å². The summed E-state index contributed by atoms with van der Waals surface area (Å²) < 4.78 is 5.46. The van der Waals surface area contributed by atoms with Gasteiger partial charge in [-0.25, -0.2) is 0 Å². The summed E-state index contributed by atoms with van der Waals surface area (Å²) in [5.74, 6) is 0.839. The molecule has 3 nitrogen and oxygen atoms in total. The Morgan fingerprint density at radius 1 is 1.18 bits per heavy atom. The Labute approximate surface area is 106 Å². The molecule has 2 rings (SSSR count). The highest BCUT2D eigenvalue weighted by atomic mass is 16.5. The molecule has 2 aliphatic rings. The Morgan fingerprint density at radius 2 is 1.94 bits per heavy atom. The third-order valence-corrected chi connectivity index (χ3v) is 4.46. The van der Waals surface area contributed by atoms with Gasteiger partial charge in [-0.15, -0.1) is 0 Å². The maximum atomic E-state index is 5.46. The summed E-state index contributed by atoms with van der Waals surface area (Å²) >= 11 is 0. The average molecular weight is 240 g/mol. The van der Waals surface area contributed by atoms with Gasteiger partial charge in [-0.1, -0.05) is 20.3 Å². The van der Waals surface area contributed by atoms with Gasteiger partial charge in [0.2, 0.25) is 0 Å². The molecule has 0 bridgehead atoms. The number of rotatable bonds is 4. The summed E-state index contributed by atoms with van der Waals surface area (Å²) in [6, 6.07) is 1.54. The van der Waals surface area contributed by atoms with Crippen LogP contribution >= 0.6 is 0 Å². The number of ether oxygens (including phenoxy) is 1. The maximum absolute atomic E-state index is 5.46. The summed E-state index contributed by atoms with van der Waals surface area (Å²) in [6.07, 6.45) is 5.10. The Balaban J connectivity index is 1.86. The zero-order chi connectivity index (χ0) is 12.1. The second kappa shape index (κ2) is 6.72. The maximum Gasteiger partial charge on any atom is 0.0480 e. The van der Waals surface area contributed by atoms with Gasteiger partial charge in [0.15, 0.2) is 0 Å². The van der Waals surface area contributed by atoms with Crippen LogP contribution in [0.5, 0.6) is 0 Å². The van der Waals surface area contributed by atoms with Crippen LogP contribution in [0, 0.1) is 5.92 Å². The van der Waals surface area contributed by atoms with Gasteiger partial charge < -0.3 is 10.1 Å². The second-order valence-electron chi connectivity index (χ2n) is 5.46. The zero-order valence-corrected chi connectivity index (χ0v) is 11.5. The molecular weight excluding hydrogens is 212 g/mol. The van der Waals surface area contributed by atoms with Gasteiger partial charge in [-0.05, 0) is 38.3 Å². The van der Waals surface area contributed by atoms with Crippen LogP contribution in [0.3, 0.4) is 0 Å². The van der Waals surface area contributed by atoms with Gasteiger partial charge in [-0.2, -0.15) is 0 Å². The highest BCUT2D eigenvalue weighted by Crippen LogP contribution is 2.25. The Hall–Kier alpha value is -0.120. The van der Waals surface area contributed by atoms with E-state index in [0.29, 0.717) is 0 Å². The van der Waals surface area contributed by atoms with Crippen LogP contribution in [0.1, 0.15) is 39.5 Å². The molecule has 0 aromatic carbocycles. The van der Waals surface area contributed by atoms with Crippen molar-refractivity contribution in [2.75, 3.05) is 32.8 Å². The van der Waals surface area contributed by atoms with Gasteiger partial charge in [0.1, 0.15) is 0 Å². The van der Waals surface area contributed by atoms with Crippen molar-refractivity contribution in [3.05, 3.63) is 0 Å². The van der Waals surface area contributed by atoms with Gasteiger partial charge in [-0.3, -0.25) is 4.90 Å². The van der Waals surface area contributed by atoms with Crippen LogP contribution in [-0.2, 0) is 4.74 Å². The van der Waals surface area contributed by atoms with E-state index >= 15 is 0 Å². The predicted octanol–water partition coefficient (Wildman–Crippen LogP) is 1.88. The van der Waals surface area contributed by atoms with E-state index in [-0.39, 0.29) is 0 Å². The fourth-order valence-electron chi connectivity index (χ4n) is 3.39. The summed E-state index contributed by atoms with van der Waals surface area (Å²) in [5, 5.41) is 3.66. The van der Waals surface area contributed by atoms with Crippen molar-refractivity contribution in [3.63, 3.8) is 0 Å². The molecule has 0 radical (unpaired) electrons. The van der Waals surface area contributed by atoms with Gasteiger partial charge in [0, 0.05) is 31.8 Å². The minimum absolute atomic E-state index is 0.751. The lowest BCUT2D eigenvalue weighted by atomic mass is 9.88. The quantitative estimate of drug-likeness (QED) is 0.812. The zero-order valence-electron chi connectivity index (χ0n) is 11.5. The molecule has 17 heavy (non-hydrogen) atoms. The molecule has 0 aromatic rings. The van der Waals surface area contributed by atoms with Crippen molar-refractivity contribution >= 4 is 0 Å². The smallest absolute Gasteiger partial charge is 0.0480 e. The van der Waals surface area contributed by atoms with E-state index < -0.39 is 0 Å². The van der Waals surface area contributed by atoms with Crippen LogP contribution in [0.4, 0.5) is 0 Å². The fourth-order valence-corrected chi connectivity index (χ4v) is 3.39. The van der Waals surface area contributed by atoms with E-state index in [2.05, 4.69) is 24.1 Å². The van der Waals surface area contributed by atoms with Crippen molar-refractivity contribution < 1.29 is 4.74 Å². The summed E-state index contributed by atoms with van der Waals surface area (Å²) in [7, 11) is 0. The van der Waals surface area contributed by atoms with E-state index in [1.807, 2.05) is 0 Å². The van der Waals surface area contributed by atoms with Crippen molar-refractivity contribution in [1.82, 2.24) is 10.2 Å². The van der Waals surface area contributed by atoms with Crippen molar-refractivity contribution in [2.45, 2.75) is 51.6 Å². The Kier molecular flexibility index (Phi) is 5.26. The van der Waals surface area contributed by atoms with E-state index in [1.165, 1.54) is 38.8 Å². The van der Waals surface area contributed by atoms with Crippen LogP contribution in [-0.4, -0.2) is 49.8 Å². The molecule has 100 valence electrons. The Bertz CT molecular complexity index is 216. The highest BCUT2D eigenvalue weighted by molar-refractivity contribution is 4.87. The minimum atomic E-state index is 0.751. The molecule has 2 unspecified atom stereocenters. The molecular formula is C14H28N2O.